The van der Waals surface area contributed by atoms with E-state index in [1.54, 1.807) is 34.9 Å². The monoisotopic (exact) mass is 341 g/mol. The van der Waals surface area contributed by atoms with E-state index >= 15 is 0 Å². The summed E-state index contributed by atoms with van der Waals surface area (Å²) >= 11 is 0. The number of benzene rings is 1. The van der Waals surface area contributed by atoms with Crippen LogP contribution in [0.3, 0.4) is 0 Å². The van der Waals surface area contributed by atoms with E-state index in [2.05, 4.69) is 10.3 Å². The molecule has 0 aliphatic carbocycles. The normalized spacial score (nSPS) is 20.3. The highest BCUT2D eigenvalue weighted by Crippen LogP contribution is 2.26. The summed E-state index contributed by atoms with van der Waals surface area (Å²) < 4.78 is 27.7. The van der Waals surface area contributed by atoms with Gasteiger partial charge in [0.15, 0.2) is 0 Å². The highest BCUT2D eigenvalue weighted by atomic mass is 35.5. The molecule has 0 saturated carbocycles. The summed E-state index contributed by atoms with van der Waals surface area (Å²) in [6, 6.07) is 7.06. The molecule has 1 aromatic heterocycles. The molecule has 0 bridgehead atoms. The Bertz CT molecular complexity index is 746. The van der Waals surface area contributed by atoms with Crippen molar-refractivity contribution in [3.63, 3.8) is 0 Å². The van der Waals surface area contributed by atoms with Crippen molar-refractivity contribution < 1.29 is 8.42 Å². The number of aromatic nitrogens is 1. The highest BCUT2D eigenvalue weighted by molar-refractivity contribution is 7.89. The van der Waals surface area contributed by atoms with Crippen LogP contribution < -0.4 is 5.32 Å². The fourth-order valence-electron chi connectivity index (χ4n) is 2.79. The highest BCUT2D eigenvalue weighted by Gasteiger charge is 2.30. The summed E-state index contributed by atoms with van der Waals surface area (Å²) in [4.78, 5) is 4.43. The van der Waals surface area contributed by atoms with Crippen molar-refractivity contribution in [3.05, 3.63) is 36.7 Å². The number of sulfonamides is 1. The Morgan fingerprint density at radius 1 is 1.32 bits per heavy atom. The number of fused-ring (bicyclic) bond motifs is 1. The van der Waals surface area contributed by atoms with Gasteiger partial charge in [0.1, 0.15) is 0 Å². The SMILES string of the molecule is C[C@@H]1CNCCCN1S(=O)(=O)c1cccc2cnccc12.Cl. The number of rotatable bonds is 2. The van der Waals surface area contributed by atoms with Crippen molar-refractivity contribution in [1.82, 2.24) is 14.6 Å². The average Bonchev–Trinajstić information content (AvgIpc) is 2.71. The van der Waals surface area contributed by atoms with Crippen LogP contribution in [-0.4, -0.2) is 43.4 Å². The quantitative estimate of drug-likeness (QED) is 0.908. The molecular weight excluding hydrogens is 322 g/mol. The summed E-state index contributed by atoms with van der Waals surface area (Å²) in [5.41, 5.74) is 0. The third-order valence-electron chi connectivity index (χ3n) is 3.89. The first kappa shape index (κ1) is 17.1. The summed E-state index contributed by atoms with van der Waals surface area (Å²) in [7, 11) is -3.50. The predicted molar refractivity (Wildman–Crippen MR) is 89.8 cm³/mol. The van der Waals surface area contributed by atoms with Crippen LogP contribution in [0.2, 0.25) is 0 Å². The van der Waals surface area contributed by atoms with Crippen LogP contribution in [0.15, 0.2) is 41.6 Å². The van der Waals surface area contributed by atoms with Gasteiger partial charge in [0.2, 0.25) is 10.0 Å². The van der Waals surface area contributed by atoms with Crippen LogP contribution in [0.25, 0.3) is 10.8 Å². The van der Waals surface area contributed by atoms with Crippen LogP contribution in [0.1, 0.15) is 13.3 Å². The molecule has 1 N–H and O–H groups in total. The van der Waals surface area contributed by atoms with Gasteiger partial charge in [-0.2, -0.15) is 4.31 Å². The van der Waals surface area contributed by atoms with E-state index in [-0.39, 0.29) is 18.4 Å². The van der Waals surface area contributed by atoms with Gasteiger partial charge in [-0.3, -0.25) is 4.98 Å². The molecule has 1 saturated heterocycles. The molecule has 2 heterocycles. The first-order valence-electron chi connectivity index (χ1n) is 7.16. The van der Waals surface area contributed by atoms with Gasteiger partial charge in [-0.05, 0) is 32.0 Å². The molecule has 5 nitrogen and oxygen atoms in total. The molecule has 0 unspecified atom stereocenters. The molecule has 0 radical (unpaired) electrons. The summed E-state index contributed by atoms with van der Waals surface area (Å²) in [6.07, 6.45) is 4.16. The molecule has 22 heavy (non-hydrogen) atoms. The van der Waals surface area contributed by atoms with Gasteiger partial charge in [-0.1, -0.05) is 12.1 Å². The zero-order valence-electron chi connectivity index (χ0n) is 12.4. The Kier molecular flexibility index (Phi) is 5.39. The number of pyridine rings is 1. The second-order valence-electron chi connectivity index (χ2n) is 5.38. The lowest BCUT2D eigenvalue weighted by atomic mass is 10.2. The molecular formula is C15H20ClN3O2S. The molecule has 0 amide bonds. The van der Waals surface area contributed by atoms with Gasteiger partial charge in [0, 0.05) is 42.3 Å². The Hall–Kier alpha value is -1.21. The first-order chi connectivity index (χ1) is 10.1. The average molecular weight is 342 g/mol. The molecule has 1 aromatic carbocycles. The number of nitrogens with one attached hydrogen (secondary N) is 1. The maximum absolute atomic E-state index is 13.0. The smallest absolute Gasteiger partial charge is 0.243 e. The molecule has 1 aliphatic heterocycles. The lowest BCUT2D eigenvalue weighted by Crippen LogP contribution is -2.41. The van der Waals surface area contributed by atoms with Crippen LogP contribution >= 0.6 is 12.4 Å². The molecule has 2 aromatic rings. The molecule has 120 valence electrons. The van der Waals surface area contributed by atoms with Crippen molar-refractivity contribution >= 4 is 33.2 Å². The topological polar surface area (TPSA) is 62.3 Å². The maximum Gasteiger partial charge on any atom is 0.243 e. The van der Waals surface area contributed by atoms with Crippen molar-refractivity contribution in [2.45, 2.75) is 24.3 Å². The number of nitrogens with zero attached hydrogens (tertiary/aromatic N) is 2. The minimum Gasteiger partial charge on any atom is -0.315 e. The van der Waals surface area contributed by atoms with Gasteiger partial charge in [0.05, 0.1) is 4.90 Å². The zero-order chi connectivity index (χ0) is 14.9. The summed E-state index contributed by atoms with van der Waals surface area (Å²) in [6.45, 7) is 4.04. The van der Waals surface area contributed by atoms with Gasteiger partial charge in [0.25, 0.3) is 0 Å². The van der Waals surface area contributed by atoms with E-state index in [0.29, 0.717) is 18.0 Å². The van der Waals surface area contributed by atoms with Crippen molar-refractivity contribution in [3.8, 4) is 0 Å². The Morgan fingerprint density at radius 3 is 2.95 bits per heavy atom. The predicted octanol–water partition coefficient (Wildman–Crippen LogP) is 2.03. The van der Waals surface area contributed by atoms with Crippen molar-refractivity contribution in [1.29, 1.82) is 0 Å². The van der Waals surface area contributed by atoms with E-state index in [1.165, 1.54) is 0 Å². The second-order valence-corrected chi connectivity index (χ2v) is 7.23. The van der Waals surface area contributed by atoms with E-state index in [9.17, 15) is 8.42 Å². The largest absolute Gasteiger partial charge is 0.315 e. The van der Waals surface area contributed by atoms with Gasteiger partial charge < -0.3 is 5.32 Å². The molecule has 7 heteroatoms. The first-order valence-corrected chi connectivity index (χ1v) is 8.60. The van der Waals surface area contributed by atoms with E-state index in [4.69, 9.17) is 0 Å². The maximum atomic E-state index is 13.0. The molecule has 1 atom stereocenters. The Balaban J connectivity index is 0.00000176. The third kappa shape index (κ3) is 3.10. The Morgan fingerprint density at radius 2 is 2.14 bits per heavy atom. The molecule has 1 aliphatic rings. The van der Waals surface area contributed by atoms with E-state index in [1.807, 2.05) is 13.0 Å². The molecule has 0 spiro atoms. The standard InChI is InChI=1S/C15H19N3O2S.ClH/c1-12-10-16-7-3-9-18(12)21(19,20)15-5-2-4-13-11-17-8-6-14(13)15;/h2,4-6,8,11-12,16H,3,7,9-10H2,1H3;1H/t12-;/m1./s1. The second kappa shape index (κ2) is 6.91. The minimum atomic E-state index is -3.50. The zero-order valence-corrected chi connectivity index (χ0v) is 14.0. The number of hydrogen-bond donors (Lipinski definition) is 1. The number of halogens is 1. The lowest BCUT2D eigenvalue weighted by molar-refractivity contribution is 0.354. The summed E-state index contributed by atoms with van der Waals surface area (Å²) in [5, 5.41) is 4.85. The fourth-order valence-corrected chi connectivity index (χ4v) is 4.68. The van der Waals surface area contributed by atoms with Crippen LogP contribution in [0.5, 0.6) is 0 Å². The Labute approximate surface area is 137 Å². The van der Waals surface area contributed by atoms with Crippen LogP contribution in [0, 0.1) is 0 Å². The van der Waals surface area contributed by atoms with Crippen molar-refractivity contribution in [2.75, 3.05) is 19.6 Å². The minimum absolute atomic E-state index is 0. The van der Waals surface area contributed by atoms with Gasteiger partial charge in [-0.15, -0.1) is 12.4 Å². The van der Waals surface area contributed by atoms with Gasteiger partial charge in [-0.25, -0.2) is 8.42 Å². The van der Waals surface area contributed by atoms with Crippen molar-refractivity contribution in [2.24, 2.45) is 0 Å². The van der Waals surface area contributed by atoms with E-state index in [0.717, 1.165) is 23.7 Å². The van der Waals surface area contributed by atoms with Crippen LogP contribution in [0.4, 0.5) is 0 Å². The molecule has 1 fully saturated rings. The third-order valence-corrected chi connectivity index (χ3v) is 5.96. The summed E-state index contributed by atoms with van der Waals surface area (Å²) in [5.74, 6) is 0. The van der Waals surface area contributed by atoms with Crippen LogP contribution in [-0.2, 0) is 10.0 Å². The lowest BCUT2D eigenvalue weighted by Gasteiger charge is -2.26. The number of hydrogen-bond acceptors (Lipinski definition) is 4. The molecule has 3 rings (SSSR count). The van der Waals surface area contributed by atoms with Gasteiger partial charge >= 0.3 is 0 Å². The fraction of sp³-hybridized carbons (Fsp3) is 0.400. The van der Waals surface area contributed by atoms with E-state index < -0.39 is 10.0 Å².